The lowest BCUT2D eigenvalue weighted by Gasteiger charge is -2.44. The lowest BCUT2D eigenvalue weighted by Crippen LogP contribution is -2.60. The molecule has 0 aliphatic carbocycles. The highest BCUT2D eigenvalue weighted by molar-refractivity contribution is 7.81. The molecule has 7 unspecified atom stereocenters. The van der Waals surface area contributed by atoms with E-state index in [9.17, 15) is 55.0 Å². The summed E-state index contributed by atoms with van der Waals surface area (Å²) in [4.78, 5) is 11.3. The Morgan fingerprint density at radius 1 is 0.792 bits per heavy atom. The Bertz CT molecular complexity index is 1400. The van der Waals surface area contributed by atoms with Crippen molar-refractivity contribution in [1.29, 1.82) is 0 Å². The van der Waals surface area contributed by atoms with Crippen LogP contribution in [0.1, 0.15) is 6.92 Å². The number of aliphatic hydroxyl groups excluding tert-OH is 5. The summed E-state index contributed by atoms with van der Waals surface area (Å²) in [7, 11) is -15.6. The molecule has 0 saturated carbocycles. The van der Waals surface area contributed by atoms with Gasteiger partial charge in [-0.3, -0.25) is 13.7 Å². The van der Waals surface area contributed by atoms with Gasteiger partial charge in [-0.05, 0) is 13.0 Å². The molecule has 48 heavy (non-hydrogen) atoms. The van der Waals surface area contributed by atoms with Crippen molar-refractivity contribution in [1.82, 2.24) is 0 Å². The Labute approximate surface area is 273 Å². The Morgan fingerprint density at radius 2 is 1.40 bits per heavy atom. The molecule has 27 heteroatoms. The van der Waals surface area contributed by atoms with Crippen molar-refractivity contribution < 1.29 is 111 Å². The third kappa shape index (κ3) is 13.5. The second-order valence-corrected chi connectivity index (χ2v) is 13.3. The zero-order valence-corrected chi connectivity index (χ0v) is 27.0. The van der Waals surface area contributed by atoms with Crippen LogP contribution in [0, 0.1) is 11.8 Å². The van der Waals surface area contributed by atoms with Crippen LogP contribution in [0.3, 0.4) is 0 Å². The molecular weight excluding hydrogens is 732 g/mol. The van der Waals surface area contributed by atoms with Gasteiger partial charge in [-0.1, -0.05) is 0 Å². The molecule has 2 rings (SSSR count). The van der Waals surface area contributed by atoms with Crippen molar-refractivity contribution >= 4 is 37.2 Å². The number of aliphatic hydroxyl groups is 5. The van der Waals surface area contributed by atoms with Gasteiger partial charge in [0.25, 0.3) is 0 Å². The van der Waals surface area contributed by atoms with Crippen molar-refractivity contribution in [3.05, 3.63) is 11.8 Å². The van der Waals surface area contributed by atoms with Gasteiger partial charge >= 0.3 is 37.2 Å². The van der Waals surface area contributed by atoms with E-state index in [4.69, 9.17) is 43.0 Å². The standard InChI is InChI=1S/C21H36O24S3/c1-9-18(44-47(32,33)34)17(25)19(45-48(35,36)37)14(41-9)7-38-5-10-11(6-39-15(4-23)42-12(2-3-22)20(26)27)21(28)43-13(16(10)24)8-40-46(29,30)31/h2,9-11,13-19,21-25,28H,3-8H2,1H3,(H,26,27)(H,29,30,31)(H,32,33,34)(H,35,36,37)/b12-2-/t9?,10?,11?,13?,14-,15-,16+,17?,18-,19?,21?/m0/s1. The third-order valence-electron chi connectivity index (χ3n) is 6.75. The van der Waals surface area contributed by atoms with Crippen LogP contribution in [-0.2, 0) is 72.2 Å². The van der Waals surface area contributed by atoms with Crippen molar-refractivity contribution in [2.45, 2.75) is 62.2 Å². The maximum atomic E-state index is 11.4. The van der Waals surface area contributed by atoms with E-state index in [1.807, 2.05) is 0 Å². The van der Waals surface area contributed by atoms with Gasteiger partial charge < -0.3 is 54.3 Å². The number of rotatable bonds is 19. The minimum absolute atomic E-state index is 0.679. The summed E-state index contributed by atoms with van der Waals surface area (Å²) >= 11 is 0. The Hall–Kier alpha value is -1.74. The van der Waals surface area contributed by atoms with Gasteiger partial charge in [0.1, 0.15) is 37.1 Å². The molecule has 0 radical (unpaired) electrons. The summed E-state index contributed by atoms with van der Waals surface area (Å²) in [5, 5.41) is 59.9. The molecule has 2 saturated heterocycles. The van der Waals surface area contributed by atoms with Crippen molar-refractivity contribution in [3.63, 3.8) is 0 Å². The molecule has 0 aromatic carbocycles. The average molecular weight is 769 g/mol. The van der Waals surface area contributed by atoms with E-state index in [0.717, 1.165) is 13.0 Å². The summed E-state index contributed by atoms with van der Waals surface area (Å²) in [6, 6.07) is 0. The smallest absolute Gasteiger partial charge is 0.397 e. The molecule has 2 aliphatic heterocycles. The third-order valence-corrected chi connectivity index (χ3v) is 8.12. The van der Waals surface area contributed by atoms with Crippen LogP contribution in [0.5, 0.6) is 0 Å². The molecule has 0 amide bonds. The first-order valence-corrected chi connectivity index (χ1v) is 17.5. The molecular formula is C21H36O24S3. The molecule has 282 valence electrons. The van der Waals surface area contributed by atoms with Crippen LogP contribution in [0.25, 0.3) is 0 Å². The van der Waals surface area contributed by atoms with Gasteiger partial charge in [-0.15, -0.1) is 0 Å². The lowest BCUT2D eigenvalue weighted by atomic mass is 9.83. The largest absolute Gasteiger partial charge is 0.475 e. The maximum absolute atomic E-state index is 11.4. The summed E-state index contributed by atoms with van der Waals surface area (Å²) < 4.78 is 134. The molecule has 2 heterocycles. The molecule has 11 atom stereocenters. The van der Waals surface area contributed by atoms with E-state index < -0.39 is 150 Å². The van der Waals surface area contributed by atoms with Crippen LogP contribution in [0.2, 0.25) is 0 Å². The van der Waals surface area contributed by atoms with E-state index in [2.05, 4.69) is 12.5 Å². The van der Waals surface area contributed by atoms with Crippen molar-refractivity contribution in [3.8, 4) is 0 Å². The quantitative estimate of drug-likeness (QED) is 0.0257. The predicted octanol–water partition coefficient (Wildman–Crippen LogP) is -5.03. The number of aliphatic carboxylic acids is 1. The van der Waals surface area contributed by atoms with E-state index in [-0.39, 0.29) is 0 Å². The number of carboxylic acid groups (broad SMARTS) is 1. The van der Waals surface area contributed by atoms with Gasteiger partial charge in [0.05, 0.1) is 45.2 Å². The fourth-order valence-corrected chi connectivity index (χ4v) is 6.05. The minimum atomic E-state index is -5.35. The average Bonchev–Trinajstić information content (AvgIpc) is 2.94. The molecule has 9 N–H and O–H groups in total. The number of hydrogen-bond acceptors (Lipinski definition) is 20. The molecule has 0 bridgehead atoms. The van der Waals surface area contributed by atoms with Gasteiger partial charge in [-0.25, -0.2) is 17.3 Å². The molecule has 0 aromatic rings. The molecule has 24 nitrogen and oxygen atoms in total. The lowest BCUT2D eigenvalue weighted by molar-refractivity contribution is -0.279. The summed E-state index contributed by atoms with van der Waals surface area (Å²) in [5.41, 5.74) is 0. The highest BCUT2D eigenvalue weighted by Crippen LogP contribution is 2.33. The van der Waals surface area contributed by atoms with Crippen LogP contribution in [0.4, 0.5) is 0 Å². The summed E-state index contributed by atoms with van der Waals surface area (Å²) in [6.07, 6.45) is -15.7. The first-order valence-electron chi connectivity index (χ1n) is 13.4. The molecule has 0 spiro atoms. The van der Waals surface area contributed by atoms with Gasteiger partial charge in [0.15, 0.2) is 6.29 Å². The van der Waals surface area contributed by atoms with Gasteiger partial charge in [-0.2, -0.15) is 25.3 Å². The second kappa shape index (κ2) is 18.0. The molecule has 0 aromatic heterocycles. The first kappa shape index (κ1) is 42.4. The van der Waals surface area contributed by atoms with E-state index in [1.165, 1.54) is 0 Å². The van der Waals surface area contributed by atoms with Gasteiger partial charge in [0, 0.05) is 11.8 Å². The number of hydrogen-bond donors (Lipinski definition) is 9. The minimum Gasteiger partial charge on any atom is -0.475 e. The molecule has 2 aliphatic rings. The zero-order valence-electron chi connectivity index (χ0n) is 24.5. The summed E-state index contributed by atoms with van der Waals surface area (Å²) in [5.74, 6) is -5.21. The topological polar surface area (TPSA) is 375 Å². The fraction of sp³-hybridized carbons (Fsp3) is 0.857. The SMILES string of the molecule is CC1O[C@@H](COCC2C(CO[C@H](CO)O/C(=C\CO)C(=O)O)C(O)OC(COS(=O)(=O)O)[C@@H]2O)C(OS(=O)(=O)O)C(O)[C@H]1OS(=O)(=O)O. The van der Waals surface area contributed by atoms with Crippen LogP contribution < -0.4 is 0 Å². The normalized spacial score (nSPS) is 32.9. The second-order valence-electron chi connectivity index (χ2n) is 10.1. The van der Waals surface area contributed by atoms with Gasteiger partial charge in [0.2, 0.25) is 12.0 Å². The van der Waals surface area contributed by atoms with Crippen LogP contribution in [0.15, 0.2) is 11.8 Å². The number of carboxylic acids is 1. The highest BCUT2D eigenvalue weighted by atomic mass is 32.3. The highest BCUT2D eigenvalue weighted by Gasteiger charge is 2.50. The number of carbonyl (C=O) groups is 1. The monoisotopic (exact) mass is 768 g/mol. The fourth-order valence-electron chi connectivity index (χ4n) is 4.68. The Balaban J connectivity index is 2.28. The van der Waals surface area contributed by atoms with Crippen LogP contribution >= 0.6 is 0 Å². The van der Waals surface area contributed by atoms with Crippen molar-refractivity contribution in [2.75, 3.05) is 39.6 Å². The van der Waals surface area contributed by atoms with E-state index >= 15 is 0 Å². The summed E-state index contributed by atoms with van der Waals surface area (Å²) in [6.45, 7) is -3.77. The van der Waals surface area contributed by atoms with Crippen LogP contribution in [-0.4, -0.2) is 170 Å². The Kier molecular flexibility index (Phi) is 15.9. The number of ether oxygens (including phenoxy) is 5. The maximum Gasteiger partial charge on any atom is 0.397 e. The zero-order chi connectivity index (χ0) is 36.6. The molecule has 2 fully saturated rings. The van der Waals surface area contributed by atoms with E-state index in [1.54, 1.807) is 0 Å². The first-order chi connectivity index (χ1) is 22.1. The predicted molar refractivity (Wildman–Crippen MR) is 146 cm³/mol. The van der Waals surface area contributed by atoms with E-state index in [0.29, 0.717) is 0 Å². The Morgan fingerprint density at radius 3 is 1.92 bits per heavy atom. The van der Waals surface area contributed by atoms with Crippen molar-refractivity contribution in [2.24, 2.45) is 11.8 Å².